The molecule has 4 nitrogen and oxygen atoms in total. The van der Waals surface area contributed by atoms with Crippen molar-refractivity contribution in [3.05, 3.63) is 0 Å². The van der Waals surface area contributed by atoms with Crippen LogP contribution in [0.25, 0.3) is 0 Å². The van der Waals surface area contributed by atoms with Gasteiger partial charge < -0.3 is 20.5 Å². The van der Waals surface area contributed by atoms with Crippen LogP contribution in [-0.4, -0.2) is 56.0 Å². The van der Waals surface area contributed by atoms with Crippen molar-refractivity contribution in [2.45, 2.75) is 44.8 Å². The number of methoxy groups -OCH3 is 1. The Morgan fingerprint density at radius 1 is 1.44 bits per heavy atom. The molecule has 0 amide bonds. The predicted molar refractivity (Wildman–Crippen MR) is 74.5 cm³/mol. The Kier molecular flexibility index (Phi) is 7.15. The highest BCUT2D eigenvalue weighted by Crippen LogP contribution is 2.33. The second-order valence-electron chi connectivity index (χ2n) is 5.70. The number of likely N-dealkylation sites (N-methyl/N-ethyl adjacent to an activating group) is 1. The van der Waals surface area contributed by atoms with Gasteiger partial charge in [0.25, 0.3) is 0 Å². The zero-order valence-electron chi connectivity index (χ0n) is 12.1. The fourth-order valence-electron chi connectivity index (χ4n) is 3.19. The molecule has 1 aliphatic rings. The highest BCUT2D eigenvalue weighted by Gasteiger charge is 2.32. The molecule has 0 aromatic carbocycles. The first-order valence-corrected chi connectivity index (χ1v) is 7.19. The van der Waals surface area contributed by atoms with Crippen LogP contribution in [0.3, 0.4) is 0 Å². The number of aliphatic hydroxyl groups is 1. The molecule has 18 heavy (non-hydrogen) atoms. The minimum absolute atomic E-state index is 0.402. The predicted octanol–water partition coefficient (Wildman–Crippen LogP) is 1.08. The minimum Gasteiger partial charge on any atom is -0.389 e. The molecule has 1 saturated carbocycles. The maximum Gasteiger partial charge on any atom is 0.0900 e. The van der Waals surface area contributed by atoms with Gasteiger partial charge in [0.05, 0.1) is 12.7 Å². The van der Waals surface area contributed by atoms with Crippen molar-refractivity contribution < 1.29 is 9.84 Å². The summed E-state index contributed by atoms with van der Waals surface area (Å²) in [5.74, 6) is 1.40. The fourth-order valence-corrected chi connectivity index (χ4v) is 3.19. The van der Waals surface area contributed by atoms with Gasteiger partial charge in [-0.05, 0) is 38.3 Å². The summed E-state index contributed by atoms with van der Waals surface area (Å²) < 4.78 is 4.99. The molecule has 3 N–H and O–H groups in total. The van der Waals surface area contributed by atoms with Crippen LogP contribution in [0, 0.1) is 11.8 Å². The first kappa shape index (κ1) is 15.9. The Morgan fingerprint density at radius 2 is 2.17 bits per heavy atom. The van der Waals surface area contributed by atoms with Gasteiger partial charge in [0.1, 0.15) is 0 Å². The van der Waals surface area contributed by atoms with Gasteiger partial charge in [0.15, 0.2) is 0 Å². The second-order valence-corrected chi connectivity index (χ2v) is 5.70. The summed E-state index contributed by atoms with van der Waals surface area (Å²) in [4.78, 5) is 2.28. The molecule has 4 heteroatoms. The van der Waals surface area contributed by atoms with E-state index in [4.69, 9.17) is 10.5 Å². The summed E-state index contributed by atoms with van der Waals surface area (Å²) in [5.41, 5.74) is 5.89. The Hall–Kier alpha value is -0.160. The van der Waals surface area contributed by atoms with Crippen molar-refractivity contribution >= 4 is 0 Å². The maximum atomic E-state index is 9.83. The van der Waals surface area contributed by atoms with Crippen LogP contribution in [0.15, 0.2) is 0 Å². The lowest BCUT2D eigenvalue weighted by Gasteiger charge is -2.41. The summed E-state index contributed by atoms with van der Waals surface area (Å²) >= 11 is 0. The lowest BCUT2D eigenvalue weighted by atomic mass is 9.76. The van der Waals surface area contributed by atoms with Crippen molar-refractivity contribution in [2.24, 2.45) is 17.6 Å². The Balaban J connectivity index is 2.52. The molecule has 0 spiro atoms. The average molecular weight is 258 g/mol. The van der Waals surface area contributed by atoms with Gasteiger partial charge in [-0.15, -0.1) is 0 Å². The Labute approximate surface area is 111 Å². The zero-order valence-corrected chi connectivity index (χ0v) is 12.1. The second kappa shape index (κ2) is 8.10. The average Bonchev–Trinajstić information content (AvgIpc) is 2.38. The van der Waals surface area contributed by atoms with Gasteiger partial charge in [-0.1, -0.05) is 19.8 Å². The standard InChI is InChI=1S/C14H30N2O2/c1-4-11-5-6-12(8-15)14(7-11)16(2)9-13(17)10-18-3/h11-14,17H,4-10,15H2,1-3H3. The molecule has 0 radical (unpaired) electrons. The van der Waals surface area contributed by atoms with E-state index in [0.717, 1.165) is 12.5 Å². The molecule has 0 heterocycles. The third kappa shape index (κ3) is 4.50. The van der Waals surface area contributed by atoms with E-state index >= 15 is 0 Å². The number of hydrogen-bond donors (Lipinski definition) is 2. The van der Waals surface area contributed by atoms with E-state index in [2.05, 4.69) is 18.9 Å². The van der Waals surface area contributed by atoms with Gasteiger partial charge in [-0.2, -0.15) is 0 Å². The fraction of sp³-hybridized carbons (Fsp3) is 1.00. The summed E-state index contributed by atoms with van der Waals surface area (Å²) in [6.07, 6.45) is 4.60. The molecule has 0 aromatic heterocycles. The van der Waals surface area contributed by atoms with Gasteiger partial charge in [-0.3, -0.25) is 0 Å². The number of rotatable bonds is 7. The number of nitrogens with zero attached hydrogens (tertiary/aromatic N) is 1. The van der Waals surface area contributed by atoms with Crippen molar-refractivity contribution in [2.75, 3.05) is 33.9 Å². The molecule has 4 atom stereocenters. The molecule has 0 aromatic rings. The van der Waals surface area contributed by atoms with Crippen LogP contribution in [-0.2, 0) is 4.74 Å². The lowest BCUT2D eigenvalue weighted by molar-refractivity contribution is 0.0150. The third-order valence-corrected chi connectivity index (χ3v) is 4.37. The first-order chi connectivity index (χ1) is 8.62. The zero-order chi connectivity index (χ0) is 13.5. The SMILES string of the molecule is CCC1CCC(CN)C(N(C)CC(O)COC)C1. The normalized spacial score (nSPS) is 30.7. The highest BCUT2D eigenvalue weighted by molar-refractivity contribution is 4.86. The number of nitrogens with two attached hydrogens (primary N) is 1. The number of aliphatic hydroxyl groups excluding tert-OH is 1. The number of ether oxygens (including phenoxy) is 1. The van der Waals surface area contributed by atoms with Gasteiger partial charge in [0.2, 0.25) is 0 Å². The lowest BCUT2D eigenvalue weighted by Crippen LogP contribution is -2.48. The first-order valence-electron chi connectivity index (χ1n) is 7.19. The minimum atomic E-state index is -0.402. The smallest absolute Gasteiger partial charge is 0.0900 e. The van der Waals surface area contributed by atoms with E-state index in [0.29, 0.717) is 25.1 Å². The topological polar surface area (TPSA) is 58.7 Å². The Bertz CT molecular complexity index is 226. The molecule has 0 aliphatic heterocycles. The van der Waals surface area contributed by atoms with E-state index in [-0.39, 0.29) is 0 Å². The molecule has 0 bridgehead atoms. The summed E-state index contributed by atoms with van der Waals surface area (Å²) in [6.45, 7) is 4.10. The molecule has 1 rings (SSSR count). The van der Waals surface area contributed by atoms with E-state index in [1.54, 1.807) is 7.11 Å². The largest absolute Gasteiger partial charge is 0.389 e. The monoisotopic (exact) mass is 258 g/mol. The van der Waals surface area contributed by atoms with Crippen LogP contribution in [0.4, 0.5) is 0 Å². The van der Waals surface area contributed by atoms with Crippen molar-refractivity contribution in [3.8, 4) is 0 Å². The van der Waals surface area contributed by atoms with Crippen LogP contribution in [0.5, 0.6) is 0 Å². The quantitative estimate of drug-likeness (QED) is 0.717. The molecule has 1 aliphatic carbocycles. The highest BCUT2D eigenvalue weighted by atomic mass is 16.5. The molecule has 108 valence electrons. The maximum absolute atomic E-state index is 9.83. The van der Waals surface area contributed by atoms with Crippen molar-refractivity contribution in [1.82, 2.24) is 4.90 Å². The third-order valence-electron chi connectivity index (χ3n) is 4.37. The summed E-state index contributed by atoms with van der Waals surface area (Å²) in [6, 6.07) is 0.514. The van der Waals surface area contributed by atoms with Gasteiger partial charge in [-0.25, -0.2) is 0 Å². The molecule has 0 saturated heterocycles. The van der Waals surface area contributed by atoms with Crippen LogP contribution < -0.4 is 5.73 Å². The van der Waals surface area contributed by atoms with E-state index in [1.165, 1.54) is 25.7 Å². The van der Waals surface area contributed by atoms with Crippen LogP contribution in [0.1, 0.15) is 32.6 Å². The van der Waals surface area contributed by atoms with Crippen molar-refractivity contribution in [3.63, 3.8) is 0 Å². The molecule has 1 fully saturated rings. The molecule has 4 unspecified atom stereocenters. The number of hydrogen-bond acceptors (Lipinski definition) is 4. The molecular weight excluding hydrogens is 228 g/mol. The Morgan fingerprint density at radius 3 is 2.72 bits per heavy atom. The molecular formula is C14H30N2O2. The van der Waals surface area contributed by atoms with E-state index in [1.807, 2.05) is 0 Å². The van der Waals surface area contributed by atoms with E-state index < -0.39 is 6.10 Å². The van der Waals surface area contributed by atoms with Crippen LogP contribution in [0.2, 0.25) is 0 Å². The van der Waals surface area contributed by atoms with Crippen LogP contribution >= 0.6 is 0 Å². The van der Waals surface area contributed by atoms with Gasteiger partial charge >= 0.3 is 0 Å². The van der Waals surface area contributed by atoms with E-state index in [9.17, 15) is 5.11 Å². The summed E-state index contributed by atoms with van der Waals surface area (Å²) in [7, 11) is 3.73. The van der Waals surface area contributed by atoms with Gasteiger partial charge in [0, 0.05) is 19.7 Å². The summed E-state index contributed by atoms with van der Waals surface area (Å²) in [5, 5.41) is 9.83. The van der Waals surface area contributed by atoms with Crippen molar-refractivity contribution in [1.29, 1.82) is 0 Å².